The molecule has 3 heterocycles. The van der Waals surface area contributed by atoms with E-state index >= 15 is 0 Å². The Morgan fingerprint density at radius 1 is 0.500 bits per heavy atom. The number of benzene rings is 7. The molecular weight excluding hydrogens is 607 g/mol. The first-order chi connectivity index (χ1) is 27.5. The van der Waals surface area contributed by atoms with Gasteiger partial charge in [-0.2, -0.15) is 0 Å². The zero-order valence-corrected chi connectivity index (χ0v) is 25.7. The van der Waals surface area contributed by atoms with Crippen LogP contribution in [0.15, 0.2) is 156 Å². The van der Waals surface area contributed by atoms with Crippen molar-refractivity contribution in [2.24, 2.45) is 0 Å². The zero-order valence-electron chi connectivity index (χ0n) is 33.9. The second-order valence-corrected chi connectivity index (χ2v) is 12.4. The number of rotatable bonds is 4. The second kappa shape index (κ2) is 10.7. The molecular formula is C43H25N3OS. The largest absolute Gasteiger partial charge is 0.455 e. The van der Waals surface area contributed by atoms with Crippen LogP contribution in [0.25, 0.3) is 98.2 Å². The molecule has 10 rings (SSSR count). The summed E-state index contributed by atoms with van der Waals surface area (Å²) >= 11 is 1.64. The van der Waals surface area contributed by atoms with Crippen molar-refractivity contribution in [2.45, 2.75) is 0 Å². The smallest absolute Gasteiger partial charge is 0.164 e. The molecule has 224 valence electrons. The Labute approximate surface area is 292 Å². The van der Waals surface area contributed by atoms with Gasteiger partial charge >= 0.3 is 0 Å². The molecule has 0 atom stereocenters. The Morgan fingerprint density at radius 3 is 2.00 bits per heavy atom. The third kappa shape index (κ3) is 4.25. The Balaban J connectivity index is 1.30. The highest BCUT2D eigenvalue weighted by molar-refractivity contribution is 7.26. The molecule has 7 aromatic carbocycles. The van der Waals surface area contributed by atoms with Crippen LogP contribution in [0.2, 0.25) is 0 Å². The predicted molar refractivity (Wildman–Crippen MR) is 199 cm³/mol. The third-order valence-electron chi connectivity index (χ3n) is 8.48. The van der Waals surface area contributed by atoms with E-state index in [9.17, 15) is 1.37 Å². The van der Waals surface area contributed by atoms with Gasteiger partial charge in [0.2, 0.25) is 0 Å². The number of fused-ring (bicyclic) bond motifs is 8. The van der Waals surface area contributed by atoms with Gasteiger partial charge in [-0.3, -0.25) is 0 Å². The molecule has 0 aliphatic heterocycles. The van der Waals surface area contributed by atoms with Crippen LogP contribution in [-0.4, -0.2) is 15.0 Å². The minimum absolute atomic E-state index is 0.0475. The van der Waals surface area contributed by atoms with E-state index in [-0.39, 0.29) is 61.8 Å². The lowest BCUT2D eigenvalue weighted by atomic mass is 9.99. The fourth-order valence-electron chi connectivity index (χ4n) is 6.30. The van der Waals surface area contributed by atoms with E-state index in [1.54, 1.807) is 11.3 Å². The average Bonchev–Trinajstić information content (AvgIpc) is 3.83. The highest BCUT2D eigenvalue weighted by Gasteiger charge is 2.19. The first-order valence-electron chi connectivity index (χ1n) is 19.7. The molecule has 3 aromatic heterocycles. The summed E-state index contributed by atoms with van der Waals surface area (Å²) in [6, 6.07) is 27.3. The number of aromatic nitrogens is 3. The SMILES string of the molecule is [2H]c1c([2H])c([2H])c2c(oc3c4c([2H])c([2H])c([2H])c([2H])c4c(-c4nc(-c5ccccc5)nc(-c5ccc6c(c5)sc5cccc(-c7ccccc7)c56)n4)c([2H])c32)c1[2H]. The van der Waals surface area contributed by atoms with E-state index in [0.717, 1.165) is 31.3 Å². The van der Waals surface area contributed by atoms with Crippen LogP contribution in [0, 0.1) is 0 Å². The van der Waals surface area contributed by atoms with Crippen molar-refractivity contribution in [1.29, 1.82) is 0 Å². The average molecular weight is 641 g/mol. The van der Waals surface area contributed by atoms with Crippen molar-refractivity contribution in [3.05, 3.63) is 151 Å². The van der Waals surface area contributed by atoms with Gasteiger partial charge in [0, 0.05) is 53.0 Å². The highest BCUT2D eigenvalue weighted by atomic mass is 32.1. The Kier molecular flexibility index (Phi) is 4.34. The van der Waals surface area contributed by atoms with Gasteiger partial charge < -0.3 is 4.42 Å². The molecule has 0 fully saturated rings. The molecule has 0 spiro atoms. The lowest BCUT2D eigenvalue weighted by Gasteiger charge is -2.11. The van der Waals surface area contributed by atoms with Crippen molar-refractivity contribution in [3.8, 4) is 45.3 Å². The van der Waals surface area contributed by atoms with Crippen molar-refractivity contribution >= 4 is 64.2 Å². The van der Waals surface area contributed by atoms with Crippen molar-refractivity contribution < 1.29 is 16.8 Å². The fourth-order valence-corrected chi connectivity index (χ4v) is 7.47. The van der Waals surface area contributed by atoms with E-state index in [0.29, 0.717) is 11.1 Å². The van der Waals surface area contributed by atoms with E-state index < -0.39 is 48.3 Å². The summed E-state index contributed by atoms with van der Waals surface area (Å²) in [7, 11) is 0. The summed E-state index contributed by atoms with van der Waals surface area (Å²) in [6.07, 6.45) is 0. The van der Waals surface area contributed by atoms with Gasteiger partial charge in [0.25, 0.3) is 0 Å². The van der Waals surface area contributed by atoms with Gasteiger partial charge in [-0.25, -0.2) is 15.0 Å². The van der Waals surface area contributed by atoms with E-state index in [4.69, 9.17) is 30.3 Å². The Hall–Kier alpha value is -6.17. The van der Waals surface area contributed by atoms with Crippen LogP contribution in [0.3, 0.4) is 0 Å². The van der Waals surface area contributed by atoms with Crippen molar-refractivity contribution in [2.75, 3.05) is 0 Å². The molecule has 4 nitrogen and oxygen atoms in total. The Bertz CT molecular complexity index is 3350. The molecule has 0 aliphatic rings. The van der Waals surface area contributed by atoms with Crippen molar-refractivity contribution in [1.82, 2.24) is 15.0 Å². The third-order valence-corrected chi connectivity index (χ3v) is 9.60. The second-order valence-electron chi connectivity index (χ2n) is 11.3. The van der Waals surface area contributed by atoms with Crippen LogP contribution in [0.5, 0.6) is 0 Å². The molecule has 0 amide bonds. The minimum Gasteiger partial charge on any atom is -0.455 e. The fraction of sp³-hybridized carbons (Fsp3) is 0. The molecule has 0 saturated heterocycles. The predicted octanol–water partition coefficient (Wildman–Crippen LogP) is 12.0. The lowest BCUT2D eigenvalue weighted by molar-refractivity contribution is 0.672. The topological polar surface area (TPSA) is 51.8 Å². The molecule has 0 saturated carbocycles. The van der Waals surface area contributed by atoms with Crippen LogP contribution < -0.4 is 0 Å². The highest BCUT2D eigenvalue weighted by Crippen LogP contribution is 2.42. The molecule has 0 aliphatic carbocycles. The number of furan rings is 1. The Morgan fingerprint density at radius 2 is 1.19 bits per heavy atom. The molecule has 0 bridgehead atoms. The van der Waals surface area contributed by atoms with E-state index in [1.807, 2.05) is 72.8 Å². The standard InChI is InChI=1S/C43H25N3OS/c1-3-12-26(13-4-1)29-19-11-21-37-39(29)33-23-22-28(24-38(33)48-37)42-44-41(27-14-5-2-6-15-27)45-43(46-42)35-25-34-31-17-9-10-20-36(31)47-40(34)32-18-8-7-16-30(32)35/h1-25H/i7D,8D,9D,10D,16D,17D,18D,20D,25D. The van der Waals surface area contributed by atoms with Gasteiger partial charge in [0.1, 0.15) is 11.2 Å². The molecule has 0 radical (unpaired) electrons. The first kappa shape index (κ1) is 19.5. The molecule has 10 aromatic rings. The summed E-state index contributed by atoms with van der Waals surface area (Å²) in [5.74, 6) is 0.457. The number of hydrogen-bond donors (Lipinski definition) is 0. The van der Waals surface area contributed by atoms with Gasteiger partial charge in [0.05, 0.1) is 12.3 Å². The van der Waals surface area contributed by atoms with Crippen LogP contribution in [0.4, 0.5) is 0 Å². The van der Waals surface area contributed by atoms with Crippen molar-refractivity contribution in [3.63, 3.8) is 0 Å². The molecule has 5 heteroatoms. The molecule has 0 N–H and O–H groups in total. The quantitative estimate of drug-likeness (QED) is 0.192. The molecule has 0 unspecified atom stereocenters. The summed E-state index contributed by atoms with van der Waals surface area (Å²) in [5.41, 5.74) is 3.07. The van der Waals surface area contributed by atoms with E-state index in [2.05, 4.69) is 24.3 Å². The van der Waals surface area contributed by atoms with Gasteiger partial charge in [-0.05, 0) is 40.7 Å². The monoisotopic (exact) mass is 640 g/mol. The van der Waals surface area contributed by atoms with Gasteiger partial charge in [-0.15, -0.1) is 11.3 Å². The summed E-state index contributed by atoms with van der Waals surface area (Å²) in [4.78, 5) is 14.7. The summed E-state index contributed by atoms with van der Waals surface area (Å²) in [6.45, 7) is 0. The van der Waals surface area contributed by atoms with Gasteiger partial charge in [0.15, 0.2) is 17.5 Å². The first-order valence-corrected chi connectivity index (χ1v) is 16.0. The number of nitrogens with zero attached hydrogens (tertiary/aromatic N) is 3. The van der Waals surface area contributed by atoms with E-state index in [1.165, 1.54) is 0 Å². The van der Waals surface area contributed by atoms with Crippen LogP contribution in [-0.2, 0) is 0 Å². The molecule has 48 heavy (non-hydrogen) atoms. The number of para-hydroxylation sites is 1. The van der Waals surface area contributed by atoms with Gasteiger partial charge in [-0.1, -0.05) is 127 Å². The lowest BCUT2D eigenvalue weighted by Crippen LogP contribution is -2.00. The van der Waals surface area contributed by atoms with Crippen LogP contribution in [0.1, 0.15) is 12.3 Å². The number of thiophene rings is 1. The summed E-state index contributed by atoms with van der Waals surface area (Å²) < 4.78 is 87.3. The maximum absolute atomic E-state index is 9.69. The number of hydrogen-bond acceptors (Lipinski definition) is 5. The minimum atomic E-state index is -0.550. The van der Waals surface area contributed by atoms with Crippen LogP contribution >= 0.6 is 11.3 Å². The normalized spacial score (nSPS) is 14.4. The maximum Gasteiger partial charge on any atom is 0.164 e. The zero-order chi connectivity index (χ0) is 39.4. The summed E-state index contributed by atoms with van der Waals surface area (Å²) in [5, 5.41) is 1.88. The maximum atomic E-state index is 9.69.